The number of carbonyl (C=O) groups excluding carboxylic acids is 2. The minimum absolute atomic E-state index is 0.0561. The predicted octanol–water partition coefficient (Wildman–Crippen LogP) is 1.74. The average molecular weight is 336 g/mol. The van der Waals surface area contributed by atoms with Gasteiger partial charge in [-0.15, -0.1) is 11.8 Å². The van der Waals surface area contributed by atoms with E-state index in [2.05, 4.69) is 5.32 Å². The van der Waals surface area contributed by atoms with E-state index in [-0.39, 0.29) is 35.9 Å². The third-order valence-electron chi connectivity index (χ3n) is 3.41. The summed E-state index contributed by atoms with van der Waals surface area (Å²) < 4.78 is 0. The van der Waals surface area contributed by atoms with Gasteiger partial charge < -0.3 is 15.3 Å². The number of nitrogens with one attached hydrogen (secondary N) is 1. The van der Waals surface area contributed by atoms with Crippen LogP contribution in [0.1, 0.15) is 18.4 Å². The molecule has 23 heavy (non-hydrogen) atoms. The first-order valence-corrected chi connectivity index (χ1v) is 8.56. The minimum Gasteiger partial charge on any atom is -0.480 e. The Labute approximate surface area is 139 Å². The monoisotopic (exact) mass is 336 g/mol. The van der Waals surface area contributed by atoms with Crippen molar-refractivity contribution in [2.24, 2.45) is 0 Å². The number of aliphatic carboxylic acids is 1. The molecule has 0 aromatic heterocycles. The number of nitrogens with zero attached hydrogens (tertiary/aromatic N) is 1. The number of rotatable bonds is 8. The maximum absolute atomic E-state index is 12.0. The van der Waals surface area contributed by atoms with Gasteiger partial charge in [-0.25, -0.2) is 0 Å². The molecule has 124 valence electrons. The molecule has 1 aliphatic carbocycles. The molecule has 2 amide bonds. The largest absolute Gasteiger partial charge is 0.480 e. The number of hydrogen-bond donors (Lipinski definition) is 2. The Morgan fingerprint density at radius 1 is 1.22 bits per heavy atom. The van der Waals surface area contributed by atoms with Crippen LogP contribution in [0.2, 0.25) is 0 Å². The highest BCUT2D eigenvalue weighted by Crippen LogP contribution is 2.27. The van der Waals surface area contributed by atoms with Gasteiger partial charge in [-0.3, -0.25) is 14.4 Å². The Balaban J connectivity index is 1.72. The number of carboxylic acids is 1. The number of aryl methyl sites for hydroxylation is 1. The molecule has 1 aliphatic rings. The summed E-state index contributed by atoms with van der Waals surface area (Å²) in [6.45, 7) is 1.70. The minimum atomic E-state index is -1.01. The summed E-state index contributed by atoms with van der Waals surface area (Å²) in [6, 6.07) is 7.52. The number of carbonyl (C=O) groups is 3. The molecule has 0 atom stereocenters. The molecule has 2 rings (SSSR count). The van der Waals surface area contributed by atoms with Gasteiger partial charge in [0.05, 0.1) is 11.5 Å². The Morgan fingerprint density at radius 2 is 1.87 bits per heavy atom. The lowest BCUT2D eigenvalue weighted by Gasteiger charge is -2.19. The van der Waals surface area contributed by atoms with Crippen molar-refractivity contribution in [1.29, 1.82) is 0 Å². The quantitative estimate of drug-likeness (QED) is 0.755. The lowest BCUT2D eigenvalue weighted by atomic mass is 10.2. The molecule has 2 N–H and O–H groups in total. The van der Waals surface area contributed by atoms with Crippen LogP contribution in [0.4, 0.5) is 5.69 Å². The van der Waals surface area contributed by atoms with Gasteiger partial charge in [0.25, 0.3) is 0 Å². The number of carboxylic acid groups (broad SMARTS) is 1. The maximum Gasteiger partial charge on any atom is 0.323 e. The molecule has 7 heteroatoms. The van der Waals surface area contributed by atoms with Gasteiger partial charge in [-0.1, -0.05) is 17.7 Å². The number of hydrogen-bond acceptors (Lipinski definition) is 4. The van der Waals surface area contributed by atoms with Crippen molar-refractivity contribution < 1.29 is 19.5 Å². The van der Waals surface area contributed by atoms with E-state index in [4.69, 9.17) is 5.11 Å². The van der Waals surface area contributed by atoms with E-state index in [0.29, 0.717) is 0 Å². The van der Waals surface area contributed by atoms with Crippen LogP contribution in [-0.2, 0) is 14.4 Å². The summed E-state index contributed by atoms with van der Waals surface area (Å²) in [5.74, 6) is -1.13. The number of benzene rings is 1. The van der Waals surface area contributed by atoms with Gasteiger partial charge >= 0.3 is 5.97 Å². The van der Waals surface area contributed by atoms with Crippen LogP contribution in [0.3, 0.4) is 0 Å². The standard InChI is InChI=1S/C16H20N2O4S/c1-11-2-4-12(5-3-11)17-14(19)9-23-10-15(20)18(8-16(21)22)13-6-7-13/h2-5,13H,6-10H2,1H3,(H,17,19)(H,21,22). The van der Waals surface area contributed by atoms with E-state index >= 15 is 0 Å². The Bertz CT molecular complexity index is 584. The summed E-state index contributed by atoms with van der Waals surface area (Å²) in [5, 5.41) is 11.6. The van der Waals surface area contributed by atoms with Gasteiger partial charge in [0.2, 0.25) is 11.8 Å². The molecule has 0 heterocycles. The highest BCUT2D eigenvalue weighted by Gasteiger charge is 2.33. The SMILES string of the molecule is Cc1ccc(NC(=O)CSCC(=O)N(CC(=O)O)C2CC2)cc1. The zero-order valence-electron chi connectivity index (χ0n) is 12.9. The summed E-state index contributed by atoms with van der Waals surface area (Å²) >= 11 is 1.20. The molecule has 0 spiro atoms. The average Bonchev–Trinajstić information content (AvgIpc) is 3.31. The first-order valence-electron chi connectivity index (χ1n) is 7.41. The molecule has 0 unspecified atom stereocenters. The third-order valence-corrected chi connectivity index (χ3v) is 4.33. The maximum atomic E-state index is 12.0. The fourth-order valence-electron chi connectivity index (χ4n) is 2.10. The van der Waals surface area contributed by atoms with Crippen molar-refractivity contribution in [2.75, 3.05) is 23.4 Å². The predicted molar refractivity (Wildman–Crippen MR) is 89.5 cm³/mol. The van der Waals surface area contributed by atoms with Crippen molar-refractivity contribution >= 4 is 35.2 Å². The van der Waals surface area contributed by atoms with Crippen LogP contribution in [0.15, 0.2) is 24.3 Å². The van der Waals surface area contributed by atoms with E-state index in [9.17, 15) is 14.4 Å². The zero-order chi connectivity index (χ0) is 16.8. The second kappa shape index (κ2) is 8.01. The Kier molecular flexibility index (Phi) is 6.04. The lowest BCUT2D eigenvalue weighted by molar-refractivity contribution is -0.143. The molecule has 0 radical (unpaired) electrons. The van der Waals surface area contributed by atoms with Gasteiger partial charge in [-0.05, 0) is 31.9 Å². The molecular formula is C16H20N2O4S. The highest BCUT2D eigenvalue weighted by molar-refractivity contribution is 8.00. The van der Waals surface area contributed by atoms with Crippen LogP contribution in [-0.4, -0.2) is 51.9 Å². The molecule has 1 aromatic carbocycles. The van der Waals surface area contributed by atoms with Crippen molar-refractivity contribution in [2.45, 2.75) is 25.8 Å². The summed E-state index contributed by atoms with van der Waals surface area (Å²) in [7, 11) is 0. The van der Waals surface area contributed by atoms with E-state index < -0.39 is 5.97 Å². The fourth-order valence-corrected chi connectivity index (χ4v) is 2.80. The molecule has 0 saturated heterocycles. The number of thioether (sulfide) groups is 1. The van der Waals surface area contributed by atoms with Crippen LogP contribution in [0, 0.1) is 6.92 Å². The Morgan fingerprint density at radius 3 is 2.43 bits per heavy atom. The van der Waals surface area contributed by atoms with Gasteiger partial charge in [0, 0.05) is 11.7 Å². The molecule has 6 nitrogen and oxygen atoms in total. The summed E-state index contributed by atoms with van der Waals surface area (Å²) in [4.78, 5) is 36.1. The fraction of sp³-hybridized carbons (Fsp3) is 0.438. The zero-order valence-corrected chi connectivity index (χ0v) is 13.8. The second-order valence-electron chi connectivity index (χ2n) is 5.55. The second-order valence-corrected chi connectivity index (χ2v) is 6.54. The van der Waals surface area contributed by atoms with Crippen molar-refractivity contribution in [3.63, 3.8) is 0 Å². The molecule has 0 aliphatic heterocycles. The first-order chi connectivity index (χ1) is 11.0. The topological polar surface area (TPSA) is 86.7 Å². The van der Waals surface area contributed by atoms with Gasteiger partial charge in [-0.2, -0.15) is 0 Å². The van der Waals surface area contributed by atoms with Crippen molar-refractivity contribution in [3.8, 4) is 0 Å². The van der Waals surface area contributed by atoms with Crippen LogP contribution in [0.25, 0.3) is 0 Å². The molecule has 1 saturated carbocycles. The normalized spacial score (nSPS) is 13.4. The van der Waals surface area contributed by atoms with Crippen LogP contribution < -0.4 is 5.32 Å². The number of amides is 2. The van der Waals surface area contributed by atoms with E-state index in [0.717, 1.165) is 24.1 Å². The molecular weight excluding hydrogens is 316 g/mol. The molecule has 1 aromatic rings. The summed E-state index contributed by atoms with van der Waals surface area (Å²) in [5.41, 5.74) is 1.83. The first kappa shape index (κ1) is 17.3. The van der Waals surface area contributed by atoms with Crippen LogP contribution in [0.5, 0.6) is 0 Å². The van der Waals surface area contributed by atoms with Crippen molar-refractivity contribution in [3.05, 3.63) is 29.8 Å². The van der Waals surface area contributed by atoms with Gasteiger partial charge in [0.1, 0.15) is 6.54 Å². The smallest absolute Gasteiger partial charge is 0.323 e. The molecule has 1 fully saturated rings. The van der Waals surface area contributed by atoms with E-state index in [1.807, 2.05) is 31.2 Å². The van der Waals surface area contributed by atoms with Crippen LogP contribution >= 0.6 is 11.8 Å². The lowest BCUT2D eigenvalue weighted by Crippen LogP contribution is -2.38. The van der Waals surface area contributed by atoms with Crippen molar-refractivity contribution in [1.82, 2.24) is 4.90 Å². The third kappa shape index (κ3) is 5.94. The van der Waals surface area contributed by atoms with E-state index in [1.165, 1.54) is 16.7 Å². The summed E-state index contributed by atoms with van der Waals surface area (Å²) in [6.07, 6.45) is 1.72. The Hall–Kier alpha value is -2.02. The van der Waals surface area contributed by atoms with Gasteiger partial charge in [0.15, 0.2) is 0 Å². The number of anilines is 1. The highest BCUT2D eigenvalue weighted by atomic mass is 32.2. The van der Waals surface area contributed by atoms with E-state index in [1.54, 1.807) is 0 Å². The molecule has 0 bridgehead atoms.